The molecular weight excluding hydrogens is 424 g/mol. The molecule has 0 bridgehead atoms. The minimum atomic E-state index is -0.0457. The fourth-order valence-corrected chi connectivity index (χ4v) is 6.71. The highest BCUT2D eigenvalue weighted by Crippen LogP contribution is 2.51. The first-order valence-corrected chi connectivity index (χ1v) is 12.3. The Labute approximate surface area is 194 Å². The van der Waals surface area contributed by atoms with Gasteiger partial charge in [-0.05, 0) is 62.6 Å². The molecule has 0 saturated carbocycles. The van der Waals surface area contributed by atoms with Gasteiger partial charge in [0.05, 0.1) is 17.3 Å². The second-order valence-corrected chi connectivity index (χ2v) is 10.7. The van der Waals surface area contributed by atoms with Crippen LogP contribution in [0.1, 0.15) is 63.0 Å². The Kier molecular flexibility index (Phi) is 5.10. The number of nitrogens with zero attached hydrogens (tertiary/aromatic N) is 4. The monoisotopic (exact) mass is 452 g/mol. The lowest BCUT2D eigenvalue weighted by Crippen LogP contribution is -2.42. The molecular formula is C25H29ClN4S. The second kappa shape index (κ2) is 7.56. The van der Waals surface area contributed by atoms with Crippen molar-refractivity contribution in [3.8, 4) is 0 Å². The van der Waals surface area contributed by atoms with Crippen LogP contribution in [0.3, 0.4) is 0 Å². The van der Waals surface area contributed by atoms with Crippen molar-refractivity contribution >= 4 is 39.8 Å². The van der Waals surface area contributed by atoms with Crippen LogP contribution in [0.25, 0.3) is 5.57 Å². The molecule has 6 heteroatoms. The fraction of sp³-hybridized carbons (Fsp3) is 0.440. The Morgan fingerprint density at radius 3 is 2.77 bits per heavy atom. The number of pyridine rings is 1. The van der Waals surface area contributed by atoms with Gasteiger partial charge in [-0.15, -0.1) is 0 Å². The van der Waals surface area contributed by atoms with E-state index in [2.05, 4.69) is 73.8 Å². The lowest BCUT2D eigenvalue weighted by molar-refractivity contribution is 0.255. The van der Waals surface area contributed by atoms with Crippen molar-refractivity contribution in [2.75, 3.05) is 17.7 Å². The predicted octanol–water partition coefficient (Wildman–Crippen LogP) is 6.35. The molecule has 0 N–H and O–H groups in total. The Balaban J connectivity index is 1.66. The molecule has 0 aliphatic carbocycles. The van der Waals surface area contributed by atoms with Crippen molar-refractivity contribution in [1.82, 2.24) is 9.88 Å². The number of rotatable bonds is 3. The van der Waals surface area contributed by atoms with E-state index in [0.29, 0.717) is 6.04 Å². The lowest BCUT2D eigenvalue weighted by Gasteiger charge is -2.41. The third kappa shape index (κ3) is 3.28. The molecule has 1 aromatic carbocycles. The number of thioether (sulfide) groups is 1. The predicted molar refractivity (Wildman–Crippen MR) is 133 cm³/mol. The average Bonchev–Trinajstić information content (AvgIpc) is 3.31. The number of benzene rings is 1. The molecule has 3 aliphatic rings. The summed E-state index contributed by atoms with van der Waals surface area (Å²) in [5.41, 5.74) is 5.86. The number of halogens is 1. The lowest BCUT2D eigenvalue weighted by atomic mass is 9.86. The van der Waals surface area contributed by atoms with E-state index in [0.717, 1.165) is 33.6 Å². The van der Waals surface area contributed by atoms with Gasteiger partial charge in [0.15, 0.2) is 5.17 Å². The first-order chi connectivity index (χ1) is 14.8. The summed E-state index contributed by atoms with van der Waals surface area (Å²) in [6, 6.07) is 11.0. The topological polar surface area (TPSA) is 31.7 Å². The van der Waals surface area contributed by atoms with Crippen molar-refractivity contribution in [3.63, 3.8) is 0 Å². The summed E-state index contributed by atoms with van der Waals surface area (Å²) < 4.78 is 0. The Morgan fingerprint density at radius 1 is 1.26 bits per heavy atom. The van der Waals surface area contributed by atoms with Gasteiger partial charge in [-0.2, -0.15) is 0 Å². The van der Waals surface area contributed by atoms with E-state index in [1.54, 1.807) is 0 Å². The van der Waals surface area contributed by atoms with Crippen molar-refractivity contribution in [2.45, 2.75) is 57.8 Å². The molecule has 0 unspecified atom stereocenters. The third-order valence-corrected chi connectivity index (χ3v) is 8.44. The molecule has 162 valence electrons. The van der Waals surface area contributed by atoms with E-state index < -0.39 is 0 Å². The maximum atomic E-state index is 7.03. The van der Waals surface area contributed by atoms with E-state index in [4.69, 9.17) is 16.6 Å². The van der Waals surface area contributed by atoms with Gasteiger partial charge in [-0.1, -0.05) is 42.4 Å². The number of likely N-dealkylation sites (N-methyl/N-ethyl adjacent to an activating group) is 1. The van der Waals surface area contributed by atoms with Gasteiger partial charge in [0.1, 0.15) is 6.04 Å². The Hall–Kier alpha value is -1.98. The van der Waals surface area contributed by atoms with Crippen LogP contribution in [0.5, 0.6) is 0 Å². The number of allylic oxidation sites excluding steroid dienone is 1. The van der Waals surface area contributed by atoms with E-state index in [1.807, 2.05) is 30.1 Å². The van der Waals surface area contributed by atoms with Crippen LogP contribution >= 0.6 is 23.4 Å². The summed E-state index contributed by atoms with van der Waals surface area (Å²) in [4.78, 5) is 14.6. The van der Waals surface area contributed by atoms with Crippen LogP contribution in [-0.4, -0.2) is 39.4 Å². The summed E-state index contributed by atoms with van der Waals surface area (Å²) >= 11 is 8.89. The van der Waals surface area contributed by atoms with Gasteiger partial charge in [0, 0.05) is 41.3 Å². The SMILES string of the molecule is CC[C@@H]1CSC2=N[C@@H](c3ccccn3)[C@H](c3cc4c(cc3Cl)N(C)C(C)(C)C=C4C)N21. The maximum absolute atomic E-state index is 7.03. The van der Waals surface area contributed by atoms with Crippen molar-refractivity contribution in [3.05, 3.63) is 64.4 Å². The van der Waals surface area contributed by atoms with Gasteiger partial charge >= 0.3 is 0 Å². The zero-order chi connectivity index (χ0) is 21.9. The first kappa shape index (κ1) is 20.9. The zero-order valence-electron chi connectivity index (χ0n) is 18.8. The quantitative estimate of drug-likeness (QED) is 0.543. The van der Waals surface area contributed by atoms with Crippen molar-refractivity contribution in [1.29, 1.82) is 0 Å². The summed E-state index contributed by atoms with van der Waals surface area (Å²) in [6.07, 6.45) is 5.30. The highest BCUT2D eigenvalue weighted by Gasteiger charge is 2.46. The highest BCUT2D eigenvalue weighted by atomic mass is 35.5. The van der Waals surface area contributed by atoms with Gasteiger partial charge in [-0.25, -0.2) is 0 Å². The molecule has 0 radical (unpaired) electrons. The van der Waals surface area contributed by atoms with Gasteiger partial charge in [0.2, 0.25) is 0 Å². The molecule has 1 fully saturated rings. The minimum absolute atomic E-state index is 0.0407. The molecule has 0 amide bonds. The Bertz CT molecular complexity index is 1080. The number of hydrogen-bond donors (Lipinski definition) is 0. The minimum Gasteiger partial charge on any atom is -0.365 e. The van der Waals surface area contributed by atoms with Crippen molar-refractivity contribution < 1.29 is 0 Å². The molecule has 4 nitrogen and oxygen atoms in total. The average molecular weight is 453 g/mol. The molecule has 5 rings (SSSR count). The number of fused-ring (bicyclic) bond motifs is 2. The van der Waals surface area contributed by atoms with Crippen LogP contribution in [-0.2, 0) is 0 Å². The molecule has 31 heavy (non-hydrogen) atoms. The largest absolute Gasteiger partial charge is 0.365 e. The van der Waals surface area contributed by atoms with Gasteiger partial charge in [-0.3, -0.25) is 9.98 Å². The maximum Gasteiger partial charge on any atom is 0.160 e. The molecule has 2 aromatic rings. The number of hydrogen-bond acceptors (Lipinski definition) is 5. The van der Waals surface area contributed by atoms with E-state index in [1.165, 1.54) is 16.8 Å². The van der Waals surface area contributed by atoms with E-state index in [9.17, 15) is 0 Å². The highest BCUT2D eigenvalue weighted by molar-refractivity contribution is 8.14. The number of amidine groups is 1. The smallest absolute Gasteiger partial charge is 0.160 e. The van der Waals surface area contributed by atoms with Gasteiger partial charge < -0.3 is 9.80 Å². The number of anilines is 1. The Morgan fingerprint density at radius 2 is 2.06 bits per heavy atom. The molecule has 1 saturated heterocycles. The molecule has 0 spiro atoms. The van der Waals surface area contributed by atoms with E-state index in [-0.39, 0.29) is 17.6 Å². The number of aliphatic imine (C=N–C) groups is 1. The molecule has 3 aliphatic heterocycles. The normalized spacial score (nSPS) is 26.5. The summed E-state index contributed by atoms with van der Waals surface area (Å²) in [6.45, 7) is 8.95. The molecule has 1 aromatic heterocycles. The van der Waals surface area contributed by atoms with E-state index >= 15 is 0 Å². The van der Waals surface area contributed by atoms with Crippen LogP contribution in [0.15, 0.2) is 47.6 Å². The van der Waals surface area contributed by atoms with Gasteiger partial charge in [0.25, 0.3) is 0 Å². The van der Waals surface area contributed by atoms with Crippen molar-refractivity contribution in [2.24, 2.45) is 4.99 Å². The third-order valence-electron chi connectivity index (χ3n) is 6.98. The summed E-state index contributed by atoms with van der Waals surface area (Å²) in [5.74, 6) is 1.08. The standard InChI is InChI=1S/C25H29ClN4S/c1-6-16-14-31-24-28-22(20-9-7-8-10-27-20)23(30(16)24)18-11-17-15(2)13-25(3,4)29(5)21(17)12-19(18)26/h7-13,16,22-23H,6,14H2,1-5H3/t16-,22+,23+/m1/s1. The van der Waals surface area contributed by atoms with Crippen LogP contribution in [0, 0.1) is 0 Å². The van der Waals surface area contributed by atoms with Crippen LogP contribution in [0.2, 0.25) is 5.02 Å². The fourth-order valence-electron chi connectivity index (χ4n) is 5.10. The van der Waals surface area contributed by atoms with Crippen LogP contribution in [0.4, 0.5) is 5.69 Å². The zero-order valence-corrected chi connectivity index (χ0v) is 20.3. The number of aromatic nitrogens is 1. The molecule has 4 heterocycles. The first-order valence-electron chi connectivity index (χ1n) is 11.0. The summed E-state index contributed by atoms with van der Waals surface area (Å²) in [7, 11) is 2.15. The van der Waals surface area contributed by atoms with Crippen LogP contribution < -0.4 is 4.90 Å². The summed E-state index contributed by atoms with van der Waals surface area (Å²) in [5, 5.41) is 1.94. The molecule has 3 atom stereocenters. The second-order valence-electron chi connectivity index (χ2n) is 9.27.